The van der Waals surface area contributed by atoms with Gasteiger partial charge in [-0.3, -0.25) is 9.79 Å². The molecule has 0 saturated carbocycles. The van der Waals surface area contributed by atoms with Gasteiger partial charge in [0.25, 0.3) is 0 Å². The summed E-state index contributed by atoms with van der Waals surface area (Å²) in [5, 5.41) is 3.06. The molecule has 110 valence electrons. The Kier molecular flexibility index (Phi) is 7.17. The third-order valence-electron chi connectivity index (χ3n) is 2.91. The fraction of sp³-hybridized carbons (Fsp3) is 0.467. The van der Waals surface area contributed by atoms with Crippen molar-refractivity contribution in [3.8, 4) is 0 Å². The van der Waals surface area contributed by atoms with Gasteiger partial charge in [-0.15, -0.1) is 0 Å². The van der Waals surface area contributed by atoms with Gasteiger partial charge < -0.3 is 15.8 Å². The van der Waals surface area contributed by atoms with E-state index in [9.17, 15) is 4.79 Å². The summed E-state index contributed by atoms with van der Waals surface area (Å²) in [6.07, 6.45) is 2.99. The largest absolute Gasteiger partial charge is 0.469 e. The maximum absolute atomic E-state index is 10.9. The first kappa shape index (κ1) is 16.0. The maximum Gasteiger partial charge on any atom is 0.305 e. The van der Waals surface area contributed by atoms with Crippen molar-refractivity contribution in [3.63, 3.8) is 0 Å². The van der Waals surface area contributed by atoms with Gasteiger partial charge in [-0.2, -0.15) is 0 Å². The van der Waals surface area contributed by atoms with Gasteiger partial charge in [0, 0.05) is 18.7 Å². The van der Waals surface area contributed by atoms with Crippen LogP contribution in [-0.2, 0) is 16.0 Å². The normalized spacial score (nSPS) is 11.2. The maximum atomic E-state index is 10.9. The quantitative estimate of drug-likeness (QED) is 0.347. The first-order valence-electron chi connectivity index (χ1n) is 6.88. The zero-order chi connectivity index (χ0) is 14.8. The van der Waals surface area contributed by atoms with Gasteiger partial charge in [-0.1, -0.05) is 19.1 Å². The number of rotatable bonds is 7. The zero-order valence-electron chi connectivity index (χ0n) is 12.2. The van der Waals surface area contributed by atoms with Gasteiger partial charge in [0.15, 0.2) is 5.96 Å². The number of carbonyl (C=O) groups is 1. The fourth-order valence-electron chi connectivity index (χ4n) is 1.74. The molecule has 0 aromatic heterocycles. The predicted octanol–water partition coefficient (Wildman–Crippen LogP) is 2.32. The topological polar surface area (TPSA) is 76.7 Å². The fourth-order valence-corrected chi connectivity index (χ4v) is 1.74. The molecule has 1 aromatic rings. The van der Waals surface area contributed by atoms with Crippen LogP contribution in [0.1, 0.15) is 31.7 Å². The summed E-state index contributed by atoms with van der Waals surface area (Å²) in [5.74, 6) is 0.216. The first-order chi connectivity index (χ1) is 9.65. The molecule has 0 saturated heterocycles. The molecule has 1 rings (SSSR count). The number of anilines is 1. The summed E-state index contributed by atoms with van der Waals surface area (Å²) in [4.78, 5) is 15.1. The number of unbranched alkanes of at least 4 members (excludes halogenated alkanes) is 1. The zero-order valence-corrected chi connectivity index (χ0v) is 12.2. The van der Waals surface area contributed by atoms with Crippen LogP contribution in [0.15, 0.2) is 29.3 Å². The van der Waals surface area contributed by atoms with Crippen molar-refractivity contribution in [2.75, 3.05) is 19.0 Å². The minimum Gasteiger partial charge on any atom is -0.469 e. The molecule has 0 bridgehead atoms. The Labute approximate surface area is 120 Å². The van der Waals surface area contributed by atoms with Crippen molar-refractivity contribution in [2.45, 2.75) is 32.6 Å². The molecule has 20 heavy (non-hydrogen) atoms. The first-order valence-corrected chi connectivity index (χ1v) is 6.88. The highest BCUT2D eigenvalue weighted by atomic mass is 16.5. The van der Waals surface area contributed by atoms with E-state index in [0.717, 1.165) is 24.9 Å². The second-order valence-corrected chi connectivity index (χ2v) is 4.48. The molecular formula is C15H23N3O2. The molecule has 0 fully saturated rings. The third-order valence-corrected chi connectivity index (χ3v) is 2.91. The van der Waals surface area contributed by atoms with Gasteiger partial charge in [0.05, 0.1) is 7.11 Å². The Balaban J connectivity index is 2.32. The molecule has 1 aromatic carbocycles. The van der Waals surface area contributed by atoms with Crippen LogP contribution in [0.3, 0.4) is 0 Å². The molecule has 0 spiro atoms. The highest BCUT2D eigenvalue weighted by Gasteiger charge is 1.99. The van der Waals surface area contributed by atoms with E-state index in [2.05, 4.69) is 34.1 Å². The number of benzene rings is 1. The van der Waals surface area contributed by atoms with Gasteiger partial charge in [-0.05, 0) is 37.0 Å². The molecular weight excluding hydrogens is 254 g/mol. The standard InChI is InChI=1S/C15H23N3O2/c1-3-12-7-6-8-13(11-12)18-15(16)17-10-5-4-9-14(19)20-2/h6-8,11H,3-5,9-10H2,1-2H3,(H3,16,17,18). The lowest BCUT2D eigenvalue weighted by Crippen LogP contribution is -2.22. The summed E-state index contributed by atoms with van der Waals surface area (Å²) in [7, 11) is 1.40. The number of nitrogens with two attached hydrogens (primary N) is 1. The summed E-state index contributed by atoms with van der Waals surface area (Å²) < 4.78 is 4.57. The van der Waals surface area contributed by atoms with Crippen LogP contribution in [0.2, 0.25) is 0 Å². The number of esters is 1. The van der Waals surface area contributed by atoms with E-state index in [1.165, 1.54) is 12.7 Å². The lowest BCUT2D eigenvalue weighted by Gasteiger charge is -2.07. The second-order valence-electron chi connectivity index (χ2n) is 4.48. The molecule has 0 amide bonds. The summed E-state index contributed by atoms with van der Waals surface area (Å²) in [6.45, 7) is 2.71. The summed E-state index contributed by atoms with van der Waals surface area (Å²) in [5.41, 5.74) is 8.01. The number of aryl methyl sites for hydroxylation is 1. The number of aliphatic imine (C=N–C) groups is 1. The lowest BCUT2D eigenvalue weighted by atomic mass is 10.1. The number of carbonyl (C=O) groups excluding carboxylic acids is 1. The highest BCUT2D eigenvalue weighted by Crippen LogP contribution is 2.10. The van der Waals surface area contributed by atoms with Crippen LogP contribution in [0.5, 0.6) is 0 Å². The minimum atomic E-state index is -0.184. The SMILES string of the molecule is CCc1cccc(NC(N)=NCCCCC(=O)OC)c1. The Morgan fingerprint density at radius 3 is 2.90 bits per heavy atom. The number of methoxy groups -OCH3 is 1. The summed E-state index contributed by atoms with van der Waals surface area (Å²) >= 11 is 0. The Morgan fingerprint density at radius 1 is 1.40 bits per heavy atom. The Hall–Kier alpha value is -2.04. The van der Waals surface area contributed by atoms with Crippen LogP contribution >= 0.6 is 0 Å². The van der Waals surface area contributed by atoms with E-state index in [-0.39, 0.29) is 5.97 Å². The van der Waals surface area contributed by atoms with Crippen molar-refractivity contribution in [1.29, 1.82) is 0 Å². The molecule has 0 aliphatic rings. The second kappa shape index (κ2) is 8.96. The number of nitrogens with one attached hydrogen (secondary N) is 1. The molecule has 5 heteroatoms. The molecule has 0 heterocycles. The summed E-state index contributed by atoms with van der Waals surface area (Å²) in [6, 6.07) is 8.08. The monoisotopic (exact) mass is 277 g/mol. The lowest BCUT2D eigenvalue weighted by molar-refractivity contribution is -0.140. The average molecular weight is 277 g/mol. The number of hydrogen-bond donors (Lipinski definition) is 2. The molecule has 0 radical (unpaired) electrons. The van der Waals surface area contributed by atoms with Gasteiger partial charge in [0.1, 0.15) is 0 Å². The van der Waals surface area contributed by atoms with Crippen molar-refractivity contribution in [2.24, 2.45) is 10.7 Å². The average Bonchev–Trinajstić information content (AvgIpc) is 2.46. The predicted molar refractivity (Wildman–Crippen MR) is 81.8 cm³/mol. The van der Waals surface area contributed by atoms with Crippen molar-refractivity contribution < 1.29 is 9.53 Å². The number of hydrogen-bond acceptors (Lipinski definition) is 3. The molecule has 0 aliphatic carbocycles. The van der Waals surface area contributed by atoms with Crippen LogP contribution < -0.4 is 11.1 Å². The smallest absolute Gasteiger partial charge is 0.305 e. The number of ether oxygens (including phenoxy) is 1. The highest BCUT2D eigenvalue weighted by molar-refractivity contribution is 5.92. The Morgan fingerprint density at radius 2 is 2.20 bits per heavy atom. The molecule has 0 unspecified atom stereocenters. The van der Waals surface area contributed by atoms with Gasteiger partial charge in [-0.25, -0.2) is 0 Å². The van der Waals surface area contributed by atoms with Crippen molar-refractivity contribution in [1.82, 2.24) is 0 Å². The van der Waals surface area contributed by atoms with E-state index in [0.29, 0.717) is 18.9 Å². The molecule has 3 N–H and O–H groups in total. The van der Waals surface area contributed by atoms with Crippen LogP contribution in [0, 0.1) is 0 Å². The van der Waals surface area contributed by atoms with E-state index in [1.807, 2.05) is 12.1 Å². The van der Waals surface area contributed by atoms with Crippen LogP contribution in [0.4, 0.5) is 5.69 Å². The van der Waals surface area contributed by atoms with Crippen molar-refractivity contribution >= 4 is 17.6 Å². The number of nitrogens with zero attached hydrogens (tertiary/aromatic N) is 1. The van der Waals surface area contributed by atoms with Crippen LogP contribution in [-0.4, -0.2) is 25.6 Å². The van der Waals surface area contributed by atoms with Crippen LogP contribution in [0.25, 0.3) is 0 Å². The van der Waals surface area contributed by atoms with Gasteiger partial charge in [0.2, 0.25) is 0 Å². The molecule has 0 aliphatic heterocycles. The van der Waals surface area contributed by atoms with E-state index in [4.69, 9.17) is 5.73 Å². The Bertz CT molecular complexity index is 458. The van der Waals surface area contributed by atoms with E-state index < -0.39 is 0 Å². The van der Waals surface area contributed by atoms with Gasteiger partial charge >= 0.3 is 5.97 Å². The minimum absolute atomic E-state index is 0.184. The molecule has 5 nitrogen and oxygen atoms in total. The third kappa shape index (κ3) is 6.22. The van der Waals surface area contributed by atoms with E-state index >= 15 is 0 Å². The van der Waals surface area contributed by atoms with E-state index in [1.54, 1.807) is 0 Å². The number of guanidine groups is 1. The van der Waals surface area contributed by atoms with Crippen molar-refractivity contribution in [3.05, 3.63) is 29.8 Å². The molecule has 0 atom stereocenters.